The van der Waals surface area contributed by atoms with Crippen LogP contribution in [0.3, 0.4) is 0 Å². The molecule has 2 atom stereocenters. The van der Waals surface area contributed by atoms with Crippen molar-refractivity contribution in [2.45, 2.75) is 38.5 Å². The molecule has 0 fully saturated rings. The number of benzene rings is 2. The maximum Gasteiger partial charge on any atom is 0.228 e. The molecule has 0 bridgehead atoms. The first kappa shape index (κ1) is 19.5. The molecule has 29 heavy (non-hydrogen) atoms. The number of nitrogens with zero attached hydrogens (tertiary/aromatic N) is 3. The van der Waals surface area contributed by atoms with E-state index in [4.69, 9.17) is 11.6 Å². The van der Waals surface area contributed by atoms with E-state index in [1.54, 1.807) is 10.7 Å². The number of hydrogen-bond acceptors (Lipinski definition) is 4. The predicted octanol–water partition coefficient (Wildman–Crippen LogP) is 3.07. The van der Waals surface area contributed by atoms with Crippen LogP contribution in [0.1, 0.15) is 29.9 Å². The minimum absolute atomic E-state index is 0.00228. The number of halogens is 2. The molecule has 1 aliphatic rings. The zero-order valence-electron chi connectivity index (χ0n) is 15.8. The molecule has 0 radical (unpaired) electrons. The van der Waals surface area contributed by atoms with Crippen molar-refractivity contribution in [3.8, 4) is 11.4 Å². The minimum atomic E-state index is -0.659. The van der Waals surface area contributed by atoms with Gasteiger partial charge in [0.05, 0.1) is 23.6 Å². The van der Waals surface area contributed by atoms with Crippen LogP contribution in [-0.4, -0.2) is 31.9 Å². The lowest BCUT2D eigenvalue weighted by Gasteiger charge is -2.17. The quantitative estimate of drug-likeness (QED) is 0.672. The average Bonchev–Trinajstić information content (AvgIpc) is 3.25. The molecule has 0 saturated heterocycles. The van der Waals surface area contributed by atoms with Crippen LogP contribution in [0, 0.1) is 5.82 Å². The van der Waals surface area contributed by atoms with E-state index >= 15 is 0 Å². The molecule has 2 aromatic carbocycles. The van der Waals surface area contributed by atoms with Crippen molar-refractivity contribution in [2.24, 2.45) is 0 Å². The van der Waals surface area contributed by atoms with Gasteiger partial charge in [0.25, 0.3) is 0 Å². The smallest absolute Gasteiger partial charge is 0.228 e. The maximum atomic E-state index is 13.8. The summed E-state index contributed by atoms with van der Waals surface area (Å²) < 4.78 is 15.4. The molecule has 0 aliphatic heterocycles. The lowest BCUT2D eigenvalue weighted by Crippen LogP contribution is -2.35. The topological polar surface area (TPSA) is 80.0 Å². The molecule has 6 nitrogen and oxygen atoms in total. The number of aromatic nitrogens is 3. The Morgan fingerprint density at radius 3 is 2.90 bits per heavy atom. The van der Waals surface area contributed by atoms with E-state index in [0.29, 0.717) is 30.2 Å². The zero-order chi connectivity index (χ0) is 20.5. The van der Waals surface area contributed by atoms with Gasteiger partial charge < -0.3 is 10.4 Å². The highest BCUT2D eigenvalue weighted by Crippen LogP contribution is 2.31. The molecule has 150 valence electrons. The summed E-state index contributed by atoms with van der Waals surface area (Å²) in [6, 6.07) is 11.6. The van der Waals surface area contributed by atoms with E-state index in [2.05, 4.69) is 15.4 Å². The van der Waals surface area contributed by atoms with Gasteiger partial charge in [-0.25, -0.2) is 14.1 Å². The molecule has 1 aliphatic carbocycles. The second kappa shape index (κ2) is 7.93. The molecular weight excluding hydrogens is 395 g/mol. The van der Waals surface area contributed by atoms with Gasteiger partial charge in [-0.2, -0.15) is 5.10 Å². The maximum absolute atomic E-state index is 13.8. The third-order valence-corrected chi connectivity index (χ3v) is 5.37. The normalized spacial score (nSPS) is 17.9. The van der Waals surface area contributed by atoms with Crippen molar-refractivity contribution in [1.82, 2.24) is 20.1 Å². The number of amides is 1. The van der Waals surface area contributed by atoms with Crippen molar-refractivity contribution in [3.63, 3.8) is 0 Å². The van der Waals surface area contributed by atoms with Crippen LogP contribution in [0.5, 0.6) is 0 Å². The fraction of sp³-hybridized carbons (Fsp3) is 0.286. The van der Waals surface area contributed by atoms with Gasteiger partial charge in [0.2, 0.25) is 5.91 Å². The van der Waals surface area contributed by atoms with E-state index in [-0.39, 0.29) is 17.4 Å². The second-order valence-electron chi connectivity index (χ2n) is 6.99. The summed E-state index contributed by atoms with van der Waals surface area (Å²) in [7, 11) is 0. The number of aliphatic hydroxyl groups excluding tert-OH is 1. The van der Waals surface area contributed by atoms with Crippen LogP contribution in [0.25, 0.3) is 11.4 Å². The molecular formula is C21H20ClFN4O2. The number of carbonyl (C=O) groups excluding carboxylic acids is 1. The van der Waals surface area contributed by atoms with Crippen molar-refractivity contribution >= 4 is 17.5 Å². The Bertz CT molecular complexity index is 1070. The average molecular weight is 415 g/mol. The second-order valence-corrected chi connectivity index (χ2v) is 7.40. The van der Waals surface area contributed by atoms with Crippen LogP contribution >= 0.6 is 11.6 Å². The highest BCUT2D eigenvalue weighted by molar-refractivity contribution is 6.30. The number of nitrogens with one attached hydrogen (secondary N) is 1. The molecule has 3 aromatic rings. The lowest BCUT2D eigenvalue weighted by molar-refractivity contribution is -0.122. The first-order valence-electron chi connectivity index (χ1n) is 9.40. The third-order valence-electron chi connectivity index (χ3n) is 5.06. The Balaban J connectivity index is 1.52. The van der Waals surface area contributed by atoms with Crippen molar-refractivity contribution in [1.29, 1.82) is 0 Å². The van der Waals surface area contributed by atoms with Crippen LogP contribution in [-0.2, 0) is 24.2 Å². The van der Waals surface area contributed by atoms with Gasteiger partial charge in [0, 0.05) is 18.5 Å². The summed E-state index contributed by atoms with van der Waals surface area (Å²) in [4.78, 5) is 17.1. The van der Waals surface area contributed by atoms with Gasteiger partial charge in [0.15, 0.2) is 5.82 Å². The number of carbonyl (C=O) groups is 1. The number of fused-ring (bicyclic) bond motifs is 1. The van der Waals surface area contributed by atoms with Gasteiger partial charge in [-0.1, -0.05) is 35.9 Å². The fourth-order valence-electron chi connectivity index (χ4n) is 3.63. The minimum Gasteiger partial charge on any atom is -0.390 e. The monoisotopic (exact) mass is 414 g/mol. The van der Waals surface area contributed by atoms with E-state index < -0.39 is 18.0 Å². The Morgan fingerprint density at radius 1 is 1.34 bits per heavy atom. The largest absolute Gasteiger partial charge is 0.390 e. The number of rotatable bonds is 5. The van der Waals surface area contributed by atoms with Gasteiger partial charge in [-0.3, -0.25) is 4.79 Å². The Kier molecular flexibility index (Phi) is 5.34. The van der Waals surface area contributed by atoms with Crippen molar-refractivity contribution in [3.05, 3.63) is 70.3 Å². The molecule has 0 unspecified atom stereocenters. The first-order chi connectivity index (χ1) is 14.0. The third kappa shape index (κ3) is 3.88. The summed E-state index contributed by atoms with van der Waals surface area (Å²) in [6.07, 6.45) is -0.145. The van der Waals surface area contributed by atoms with Crippen LogP contribution in [0.2, 0.25) is 5.02 Å². The highest BCUT2D eigenvalue weighted by Gasteiger charge is 2.32. The lowest BCUT2D eigenvalue weighted by atomic mass is 10.1. The highest BCUT2D eigenvalue weighted by atomic mass is 35.5. The van der Waals surface area contributed by atoms with E-state index in [1.165, 1.54) is 12.1 Å². The summed E-state index contributed by atoms with van der Waals surface area (Å²) in [5.41, 5.74) is 2.46. The molecule has 0 spiro atoms. The Labute approximate surface area is 172 Å². The molecule has 0 saturated carbocycles. The van der Waals surface area contributed by atoms with Gasteiger partial charge in [-0.15, -0.1) is 0 Å². The first-order valence-corrected chi connectivity index (χ1v) is 9.78. The number of hydrogen-bond donors (Lipinski definition) is 2. The molecule has 1 aromatic heterocycles. The summed E-state index contributed by atoms with van der Waals surface area (Å²) in [6.45, 7) is 2.40. The number of aryl methyl sites for hydroxylation is 1. The van der Waals surface area contributed by atoms with Gasteiger partial charge in [-0.05, 0) is 36.2 Å². The summed E-state index contributed by atoms with van der Waals surface area (Å²) >= 11 is 5.74. The zero-order valence-corrected chi connectivity index (χ0v) is 16.5. The molecule has 1 amide bonds. The summed E-state index contributed by atoms with van der Waals surface area (Å²) in [5, 5.41) is 17.6. The summed E-state index contributed by atoms with van der Waals surface area (Å²) in [5.74, 6) is -0.0144. The van der Waals surface area contributed by atoms with E-state index in [0.717, 1.165) is 11.1 Å². The molecule has 8 heteroatoms. The SMILES string of the molecule is CCn1nc(-c2ccc(Cl)c(F)c2)nc1CC(=O)N[C@@H]1c2ccccc2C[C@@H]1O. The standard InChI is InChI=1S/C21H20ClFN4O2/c1-2-27-18(24-21(26-27)13-7-8-15(22)16(23)9-13)11-19(29)25-20-14-6-4-3-5-12(14)10-17(20)28/h3-9,17,20,28H,2,10-11H2,1H3,(H,25,29)/t17-,20+/m0/s1. The van der Waals surface area contributed by atoms with Crippen LogP contribution in [0.4, 0.5) is 4.39 Å². The van der Waals surface area contributed by atoms with Crippen molar-refractivity contribution < 1.29 is 14.3 Å². The van der Waals surface area contributed by atoms with Crippen LogP contribution in [0.15, 0.2) is 42.5 Å². The van der Waals surface area contributed by atoms with Crippen molar-refractivity contribution in [2.75, 3.05) is 0 Å². The van der Waals surface area contributed by atoms with Crippen LogP contribution < -0.4 is 5.32 Å². The number of aliphatic hydroxyl groups is 1. The fourth-order valence-corrected chi connectivity index (χ4v) is 3.75. The molecule has 1 heterocycles. The predicted molar refractivity (Wildman–Crippen MR) is 107 cm³/mol. The van der Waals surface area contributed by atoms with E-state index in [9.17, 15) is 14.3 Å². The molecule has 4 rings (SSSR count). The Hall–Kier alpha value is -2.77. The van der Waals surface area contributed by atoms with Gasteiger partial charge >= 0.3 is 0 Å². The van der Waals surface area contributed by atoms with Gasteiger partial charge in [0.1, 0.15) is 11.6 Å². The van der Waals surface area contributed by atoms with E-state index in [1.807, 2.05) is 31.2 Å². The molecule has 2 N–H and O–H groups in total. The Morgan fingerprint density at radius 2 is 2.14 bits per heavy atom.